The van der Waals surface area contributed by atoms with E-state index < -0.39 is 6.61 Å². The molecule has 18 heavy (non-hydrogen) atoms. The molecule has 1 fully saturated rings. The zero-order valence-corrected chi connectivity index (χ0v) is 10.1. The lowest BCUT2D eigenvalue weighted by Crippen LogP contribution is -2.24. The SMILES string of the molecule is FC(F)Oc1cccc(NCC2CCCOC2)c1. The van der Waals surface area contributed by atoms with Gasteiger partial charge in [0.15, 0.2) is 0 Å². The van der Waals surface area contributed by atoms with Crippen LogP contribution in [-0.4, -0.2) is 26.4 Å². The first-order valence-corrected chi connectivity index (χ1v) is 6.10. The maximum atomic E-state index is 12.1. The van der Waals surface area contributed by atoms with Crippen molar-refractivity contribution in [3.05, 3.63) is 24.3 Å². The van der Waals surface area contributed by atoms with Gasteiger partial charge in [-0.3, -0.25) is 0 Å². The number of benzene rings is 1. The lowest BCUT2D eigenvalue weighted by atomic mass is 10.0. The largest absolute Gasteiger partial charge is 0.435 e. The molecule has 1 heterocycles. The quantitative estimate of drug-likeness (QED) is 0.879. The summed E-state index contributed by atoms with van der Waals surface area (Å²) in [5, 5.41) is 3.22. The van der Waals surface area contributed by atoms with Gasteiger partial charge in [0.2, 0.25) is 0 Å². The summed E-state index contributed by atoms with van der Waals surface area (Å²) >= 11 is 0. The number of halogens is 2. The molecule has 0 spiro atoms. The minimum Gasteiger partial charge on any atom is -0.435 e. The van der Waals surface area contributed by atoms with Crippen LogP contribution in [0.4, 0.5) is 14.5 Å². The van der Waals surface area contributed by atoms with Crippen molar-refractivity contribution >= 4 is 5.69 Å². The van der Waals surface area contributed by atoms with E-state index in [1.54, 1.807) is 12.1 Å². The third kappa shape index (κ3) is 4.14. The second-order valence-corrected chi connectivity index (χ2v) is 4.37. The van der Waals surface area contributed by atoms with Crippen molar-refractivity contribution in [1.29, 1.82) is 0 Å². The molecule has 1 aromatic carbocycles. The zero-order valence-electron chi connectivity index (χ0n) is 10.1. The van der Waals surface area contributed by atoms with Crippen LogP contribution < -0.4 is 10.1 Å². The fraction of sp³-hybridized carbons (Fsp3) is 0.538. The van der Waals surface area contributed by atoms with E-state index in [4.69, 9.17) is 4.74 Å². The molecule has 1 atom stereocenters. The van der Waals surface area contributed by atoms with E-state index >= 15 is 0 Å². The highest BCUT2D eigenvalue weighted by atomic mass is 19.3. The van der Waals surface area contributed by atoms with E-state index in [1.807, 2.05) is 6.07 Å². The molecule has 0 radical (unpaired) electrons. The zero-order chi connectivity index (χ0) is 12.8. The predicted octanol–water partition coefficient (Wildman–Crippen LogP) is 3.13. The van der Waals surface area contributed by atoms with Crippen molar-refractivity contribution in [1.82, 2.24) is 0 Å². The van der Waals surface area contributed by atoms with E-state index in [0.717, 1.165) is 38.3 Å². The number of ether oxygens (including phenoxy) is 2. The molecule has 1 aromatic rings. The number of hydrogen-bond donors (Lipinski definition) is 1. The van der Waals surface area contributed by atoms with Crippen LogP contribution in [0.25, 0.3) is 0 Å². The number of rotatable bonds is 5. The van der Waals surface area contributed by atoms with Crippen LogP contribution in [0.2, 0.25) is 0 Å². The van der Waals surface area contributed by atoms with E-state index in [2.05, 4.69) is 10.1 Å². The highest BCUT2D eigenvalue weighted by Gasteiger charge is 2.13. The van der Waals surface area contributed by atoms with Gasteiger partial charge in [0.25, 0.3) is 0 Å². The topological polar surface area (TPSA) is 30.5 Å². The highest BCUT2D eigenvalue weighted by molar-refractivity contribution is 5.48. The molecule has 5 heteroatoms. The van der Waals surface area contributed by atoms with Crippen molar-refractivity contribution in [2.45, 2.75) is 19.5 Å². The predicted molar refractivity (Wildman–Crippen MR) is 65.1 cm³/mol. The fourth-order valence-electron chi connectivity index (χ4n) is 2.01. The van der Waals surface area contributed by atoms with Crippen molar-refractivity contribution in [2.75, 3.05) is 25.1 Å². The van der Waals surface area contributed by atoms with Crippen molar-refractivity contribution in [3.8, 4) is 5.75 Å². The van der Waals surface area contributed by atoms with E-state index in [0.29, 0.717) is 5.92 Å². The minimum absolute atomic E-state index is 0.176. The Hall–Kier alpha value is -1.36. The lowest BCUT2D eigenvalue weighted by Gasteiger charge is -2.22. The molecule has 1 unspecified atom stereocenters. The Balaban J connectivity index is 1.84. The Morgan fingerprint density at radius 1 is 1.44 bits per heavy atom. The molecule has 1 saturated heterocycles. The van der Waals surface area contributed by atoms with Crippen LogP contribution in [-0.2, 0) is 4.74 Å². The van der Waals surface area contributed by atoms with Gasteiger partial charge in [0, 0.05) is 24.9 Å². The summed E-state index contributed by atoms with van der Waals surface area (Å²) in [6.07, 6.45) is 2.22. The van der Waals surface area contributed by atoms with Gasteiger partial charge in [-0.25, -0.2) is 0 Å². The van der Waals surface area contributed by atoms with Crippen LogP contribution in [0.15, 0.2) is 24.3 Å². The Labute approximate surface area is 105 Å². The van der Waals surface area contributed by atoms with Crippen molar-refractivity contribution < 1.29 is 18.3 Å². The number of nitrogens with one attached hydrogen (secondary N) is 1. The van der Waals surface area contributed by atoms with E-state index in [-0.39, 0.29) is 5.75 Å². The summed E-state index contributed by atoms with van der Waals surface area (Å²) in [5.74, 6) is 0.660. The average Bonchev–Trinajstić information content (AvgIpc) is 2.37. The Morgan fingerprint density at radius 2 is 2.33 bits per heavy atom. The third-order valence-corrected chi connectivity index (χ3v) is 2.91. The monoisotopic (exact) mass is 257 g/mol. The summed E-state index contributed by atoms with van der Waals surface area (Å²) in [5.41, 5.74) is 0.790. The summed E-state index contributed by atoms with van der Waals surface area (Å²) in [7, 11) is 0. The van der Waals surface area contributed by atoms with Gasteiger partial charge in [0.1, 0.15) is 5.75 Å². The Bertz CT molecular complexity index is 368. The van der Waals surface area contributed by atoms with Crippen LogP contribution >= 0.6 is 0 Å². The first-order valence-electron chi connectivity index (χ1n) is 6.10. The van der Waals surface area contributed by atoms with Crippen molar-refractivity contribution in [2.24, 2.45) is 5.92 Å². The molecule has 0 aliphatic carbocycles. The van der Waals surface area contributed by atoms with E-state index in [1.165, 1.54) is 6.07 Å². The Morgan fingerprint density at radius 3 is 3.06 bits per heavy atom. The van der Waals surface area contributed by atoms with Gasteiger partial charge in [-0.15, -0.1) is 0 Å². The van der Waals surface area contributed by atoms with Gasteiger partial charge in [0.05, 0.1) is 6.61 Å². The van der Waals surface area contributed by atoms with Gasteiger partial charge < -0.3 is 14.8 Å². The molecule has 1 aliphatic heterocycles. The first kappa shape index (κ1) is 13.1. The molecule has 0 bridgehead atoms. The summed E-state index contributed by atoms with van der Waals surface area (Å²) in [6, 6.07) is 6.62. The molecule has 3 nitrogen and oxygen atoms in total. The maximum absolute atomic E-state index is 12.1. The number of alkyl halides is 2. The molecule has 100 valence electrons. The summed E-state index contributed by atoms with van der Waals surface area (Å²) in [4.78, 5) is 0. The molecular formula is C13H17F2NO2. The molecule has 0 saturated carbocycles. The summed E-state index contributed by atoms with van der Waals surface area (Å²) in [6.45, 7) is -0.390. The fourth-order valence-corrected chi connectivity index (χ4v) is 2.01. The maximum Gasteiger partial charge on any atom is 0.387 e. The van der Waals surface area contributed by atoms with Gasteiger partial charge in [-0.2, -0.15) is 8.78 Å². The molecule has 0 aromatic heterocycles. The van der Waals surface area contributed by atoms with Crippen molar-refractivity contribution in [3.63, 3.8) is 0 Å². The standard InChI is InChI=1S/C13H17F2NO2/c14-13(15)18-12-5-1-4-11(7-12)16-8-10-3-2-6-17-9-10/h1,4-5,7,10,13,16H,2-3,6,8-9H2. The molecule has 1 N–H and O–H groups in total. The second kappa shape index (κ2) is 6.54. The molecule has 0 amide bonds. The highest BCUT2D eigenvalue weighted by Crippen LogP contribution is 2.20. The van der Waals surface area contributed by atoms with E-state index in [9.17, 15) is 8.78 Å². The number of anilines is 1. The molecule has 2 rings (SSSR count). The molecular weight excluding hydrogens is 240 g/mol. The normalized spacial score (nSPS) is 19.8. The number of hydrogen-bond acceptors (Lipinski definition) is 3. The first-order chi connectivity index (χ1) is 8.74. The van der Waals surface area contributed by atoms with Gasteiger partial charge in [-0.1, -0.05) is 6.07 Å². The van der Waals surface area contributed by atoms with Gasteiger partial charge in [-0.05, 0) is 30.9 Å². The minimum atomic E-state index is -2.79. The summed E-state index contributed by atoms with van der Waals surface area (Å²) < 4.78 is 33.9. The van der Waals surface area contributed by atoms with Crippen LogP contribution in [0, 0.1) is 5.92 Å². The van der Waals surface area contributed by atoms with Crippen LogP contribution in [0.3, 0.4) is 0 Å². The molecule has 1 aliphatic rings. The lowest BCUT2D eigenvalue weighted by molar-refractivity contribution is -0.0498. The Kier molecular flexibility index (Phi) is 4.75. The van der Waals surface area contributed by atoms with Crippen LogP contribution in [0.1, 0.15) is 12.8 Å². The van der Waals surface area contributed by atoms with Crippen LogP contribution in [0.5, 0.6) is 5.75 Å². The smallest absolute Gasteiger partial charge is 0.387 e. The third-order valence-electron chi connectivity index (χ3n) is 2.91. The van der Waals surface area contributed by atoms with Gasteiger partial charge >= 0.3 is 6.61 Å². The second-order valence-electron chi connectivity index (χ2n) is 4.37. The average molecular weight is 257 g/mol.